The molecule has 0 fully saturated rings. The van der Waals surface area contributed by atoms with E-state index in [9.17, 15) is 14.0 Å². The Labute approximate surface area is 219 Å². The molecule has 9 nitrogen and oxygen atoms in total. The molecule has 4 N–H and O–H groups in total. The van der Waals surface area contributed by atoms with Gasteiger partial charge in [-0.3, -0.25) is 10.1 Å². The fourth-order valence-corrected chi connectivity index (χ4v) is 4.92. The Bertz CT molecular complexity index is 1720. The number of hydrogen-bond donors (Lipinski definition) is 4. The summed E-state index contributed by atoms with van der Waals surface area (Å²) >= 11 is 6.65. The van der Waals surface area contributed by atoms with Crippen LogP contribution in [-0.4, -0.2) is 25.4 Å². The fraction of sp³-hybridized carbons (Fsp3) is 0.115. The second kappa shape index (κ2) is 9.66. The van der Waals surface area contributed by atoms with Crippen LogP contribution < -0.4 is 16.0 Å². The zero-order chi connectivity index (χ0) is 26.2. The molecule has 1 unspecified atom stereocenters. The van der Waals surface area contributed by atoms with E-state index in [0.29, 0.717) is 33.0 Å². The predicted molar refractivity (Wildman–Crippen MR) is 138 cm³/mol. The Morgan fingerprint density at radius 3 is 2.76 bits per heavy atom. The topological polar surface area (TPSA) is 127 Å². The zero-order valence-corrected chi connectivity index (χ0v) is 20.3. The molecule has 1 atom stereocenters. The Kier molecular flexibility index (Phi) is 6.03. The maximum atomic E-state index is 13.8. The molecule has 6 rings (SSSR count). The van der Waals surface area contributed by atoms with E-state index in [-0.39, 0.29) is 17.3 Å². The minimum Gasteiger partial charge on any atom is -0.373 e. The van der Waals surface area contributed by atoms with Gasteiger partial charge in [-0.05, 0) is 28.8 Å². The van der Waals surface area contributed by atoms with Crippen molar-refractivity contribution < 1.29 is 8.78 Å². The highest BCUT2D eigenvalue weighted by atomic mass is 35.5. The summed E-state index contributed by atoms with van der Waals surface area (Å²) in [5.74, 6) is -2.33. The molecule has 5 aromatic rings. The monoisotopic (exact) mass is 529 g/mol. The van der Waals surface area contributed by atoms with Crippen LogP contribution in [0.2, 0.25) is 5.02 Å². The predicted octanol–water partition coefficient (Wildman–Crippen LogP) is 5.10. The van der Waals surface area contributed by atoms with Crippen LogP contribution in [0.4, 0.5) is 25.8 Å². The molecule has 4 heterocycles. The number of nitrogens with zero attached hydrogens (tertiary/aromatic N) is 5. The fourth-order valence-electron chi connectivity index (χ4n) is 4.65. The second-order valence-corrected chi connectivity index (χ2v) is 9.11. The number of aromatic nitrogens is 5. The summed E-state index contributed by atoms with van der Waals surface area (Å²) in [5, 5.41) is 31.4. The number of H-pyrrole nitrogens is 1. The Balaban J connectivity index is 1.46. The smallest absolute Gasteiger partial charge is 0.249 e. The van der Waals surface area contributed by atoms with E-state index in [4.69, 9.17) is 11.6 Å². The molecule has 3 aromatic heterocycles. The maximum absolute atomic E-state index is 13.8. The molecule has 0 saturated carbocycles. The highest BCUT2D eigenvalue weighted by Crippen LogP contribution is 2.37. The molecule has 0 bridgehead atoms. The van der Waals surface area contributed by atoms with Crippen molar-refractivity contribution in [1.29, 1.82) is 5.26 Å². The standard InChI is InChI=1S/C26H18ClF2N9/c27-20-5-15(35-25(22-12-34-38-37-22)17-3-1-2-13-8-31-11-19(13)17)4-18-23(14(7-30)9-32-24(18)20)36-16-6-21(28)26(29)33-10-16/h1-6,9-10,12,25,31,35H,8,11H2,(H,32,36)(H,34,37,38). The Hall–Kier alpha value is -4.66. The largest absolute Gasteiger partial charge is 0.373 e. The number of pyridine rings is 2. The lowest BCUT2D eigenvalue weighted by Gasteiger charge is -2.22. The van der Waals surface area contributed by atoms with Gasteiger partial charge in [0.1, 0.15) is 11.8 Å². The average molecular weight is 530 g/mol. The van der Waals surface area contributed by atoms with Crippen molar-refractivity contribution in [1.82, 2.24) is 30.7 Å². The van der Waals surface area contributed by atoms with E-state index >= 15 is 0 Å². The normalized spacial score (nSPS) is 13.2. The van der Waals surface area contributed by atoms with Crippen molar-refractivity contribution >= 4 is 39.6 Å². The van der Waals surface area contributed by atoms with Crippen LogP contribution in [0.1, 0.15) is 34.0 Å². The first kappa shape index (κ1) is 23.7. The van der Waals surface area contributed by atoms with E-state index in [0.717, 1.165) is 30.9 Å². The first-order valence-corrected chi connectivity index (χ1v) is 11.9. The van der Waals surface area contributed by atoms with Gasteiger partial charge in [0.2, 0.25) is 5.95 Å². The average Bonchev–Trinajstić information content (AvgIpc) is 3.62. The molecule has 188 valence electrons. The lowest BCUT2D eigenvalue weighted by molar-refractivity contribution is 0.480. The van der Waals surface area contributed by atoms with Gasteiger partial charge in [0.25, 0.3) is 0 Å². The van der Waals surface area contributed by atoms with Crippen LogP contribution in [-0.2, 0) is 13.1 Å². The number of rotatable bonds is 6. The van der Waals surface area contributed by atoms with Crippen LogP contribution in [0.25, 0.3) is 10.9 Å². The van der Waals surface area contributed by atoms with E-state index in [1.807, 2.05) is 12.1 Å². The van der Waals surface area contributed by atoms with Gasteiger partial charge in [0.05, 0.1) is 39.7 Å². The van der Waals surface area contributed by atoms with Crippen molar-refractivity contribution in [2.45, 2.75) is 19.1 Å². The van der Waals surface area contributed by atoms with Crippen molar-refractivity contribution in [3.63, 3.8) is 0 Å². The highest BCUT2D eigenvalue weighted by molar-refractivity contribution is 6.36. The lowest BCUT2D eigenvalue weighted by atomic mass is 9.95. The summed E-state index contributed by atoms with van der Waals surface area (Å²) in [7, 11) is 0. The molecule has 0 spiro atoms. The number of benzene rings is 2. The summed E-state index contributed by atoms with van der Waals surface area (Å²) in [6, 6.07) is 12.3. The van der Waals surface area contributed by atoms with Gasteiger partial charge in [0, 0.05) is 42.6 Å². The van der Waals surface area contributed by atoms with Crippen molar-refractivity contribution in [3.05, 3.63) is 99.7 Å². The molecule has 38 heavy (non-hydrogen) atoms. The number of nitriles is 1. The van der Waals surface area contributed by atoms with E-state index in [1.165, 1.54) is 17.3 Å². The molecule has 1 aliphatic rings. The van der Waals surface area contributed by atoms with Crippen LogP contribution in [0.5, 0.6) is 0 Å². The molecule has 0 saturated heterocycles. The summed E-state index contributed by atoms with van der Waals surface area (Å²) in [5.41, 5.74) is 5.85. The van der Waals surface area contributed by atoms with E-state index in [2.05, 4.69) is 53.5 Å². The van der Waals surface area contributed by atoms with Crippen molar-refractivity contribution in [2.24, 2.45) is 0 Å². The molecule has 0 aliphatic carbocycles. The molecule has 12 heteroatoms. The third-order valence-corrected chi connectivity index (χ3v) is 6.68. The van der Waals surface area contributed by atoms with Crippen LogP contribution in [0.3, 0.4) is 0 Å². The Morgan fingerprint density at radius 1 is 1.08 bits per heavy atom. The molecule has 1 aliphatic heterocycles. The summed E-state index contributed by atoms with van der Waals surface area (Å²) < 4.78 is 27.2. The maximum Gasteiger partial charge on any atom is 0.249 e. The van der Waals surface area contributed by atoms with E-state index < -0.39 is 11.8 Å². The Morgan fingerprint density at radius 2 is 1.97 bits per heavy atom. The summed E-state index contributed by atoms with van der Waals surface area (Å²) in [4.78, 5) is 7.77. The zero-order valence-electron chi connectivity index (χ0n) is 19.6. The lowest BCUT2D eigenvalue weighted by Crippen LogP contribution is -2.15. The molecular weight excluding hydrogens is 512 g/mol. The minimum absolute atomic E-state index is 0.162. The van der Waals surface area contributed by atoms with Crippen LogP contribution in [0.15, 0.2) is 55.0 Å². The van der Waals surface area contributed by atoms with Gasteiger partial charge in [0.15, 0.2) is 5.82 Å². The molecule has 0 radical (unpaired) electrons. The van der Waals surface area contributed by atoms with Crippen molar-refractivity contribution in [2.75, 3.05) is 10.6 Å². The second-order valence-electron chi connectivity index (χ2n) is 8.70. The van der Waals surface area contributed by atoms with Crippen LogP contribution >= 0.6 is 11.6 Å². The van der Waals surface area contributed by atoms with Gasteiger partial charge in [-0.25, -0.2) is 9.37 Å². The third kappa shape index (κ3) is 4.26. The third-order valence-electron chi connectivity index (χ3n) is 6.39. The highest BCUT2D eigenvalue weighted by Gasteiger charge is 2.24. The van der Waals surface area contributed by atoms with Gasteiger partial charge in [-0.2, -0.15) is 9.65 Å². The molecular formula is C26H18ClF2N9. The first-order chi connectivity index (χ1) is 18.5. The minimum atomic E-state index is -1.22. The summed E-state index contributed by atoms with van der Waals surface area (Å²) in [6.45, 7) is 1.51. The van der Waals surface area contributed by atoms with Gasteiger partial charge < -0.3 is 16.0 Å². The quantitative estimate of drug-likeness (QED) is 0.224. The van der Waals surface area contributed by atoms with Crippen LogP contribution in [0, 0.1) is 23.1 Å². The summed E-state index contributed by atoms with van der Waals surface area (Å²) in [6.07, 6.45) is 4.23. The van der Waals surface area contributed by atoms with E-state index in [1.54, 1.807) is 18.3 Å². The van der Waals surface area contributed by atoms with Gasteiger partial charge in [-0.1, -0.05) is 35.0 Å². The number of halogens is 3. The van der Waals surface area contributed by atoms with Gasteiger partial charge >= 0.3 is 0 Å². The number of aromatic amines is 1. The number of fused-ring (bicyclic) bond motifs is 2. The number of hydrogen-bond acceptors (Lipinski definition) is 8. The van der Waals surface area contributed by atoms with Gasteiger partial charge in [-0.15, -0.1) is 5.10 Å². The number of nitrogens with one attached hydrogen (secondary N) is 4. The molecule has 0 amide bonds. The number of anilines is 3. The van der Waals surface area contributed by atoms with Crippen molar-refractivity contribution in [3.8, 4) is 6.07 Å². The molecule has 2 aromatic carbocycles. The SMILES string of the molecule is N#Cc1cnc2c(Cl)cc(NC(c3c[nH]nn3)c3cccc4c3CNC4)cc2c1Nc1cnc(F)c(F)c1. The first-order valence-electron chi connectivity index (χ1n) is 11.6.